The maximum atomic E-state index is 11.7. The number of hydrogen-bond donors (Lipinski definition) is 1. The number of carbonyl (C=O) groups is 2. The number of ketones is 1. The van der Waals surface area contributed by atoms with E-state index in [9.17, 15) is 9.59 Å². The fourth-order valence-corrected chi connectivity index (χ4v) is 1.28. The normalized spacial score (nSPS) is 10.4. The van der Waals surface area contributed by atoms with Crippen LogP contribution >= 0.6 is 0 Å². The SMILES string of the molecule is CCC(=O)Nc1ccc(C(=O)C=CN(C)C)cc1. The highest BCUT2D eigenvalue weighted by atomic mass is 16.1. The summed E-state index contributed by atoms with van der Waals surface area (Å²) in [5, 5.41) is 2.73. The first-order chi connectivity index (χ1) is 8.52. The minimum atomic E-state index is -0.0583. The lowest BCUT2D eigenvalue weighted by Gasteiger charge is -2.05. The number of amides is 1. The van der Waals surface area contributed by atoms with Gasteiger partial charge in [-0.25, -0.2) is 0 Å². The van der Waals surface area contributed by atoms with Gasteiger partial charge in [-0.1, -0.05) is 6.92 Å². The highest BCUT2D eigenvalue weighted by molar-refractivity contribution is 6.04. The van der Waals surface area contributed by atoms with E-state index in [0.29, 0.717) is 17.7 Å². The smallest absolute Gasteiger partial charge is 0.224 e. The molecular formula is C14H18N2O2. The minimum absolute atomic E-state index is 0.0402. The maximum absolute atomic E-state index is 11.7. The van der Waals surface area contributed by atoms with Gasteiger partial charge in [-0.2, -0.15) is 0 Å². The van der Waals surface area contributed by atoms with Gasteiger partial charge in [0.1, 0.15) is 0 Å². The molecule has 0 saturated heterocycles. The quantitative estimate of drug-likeness (QED) is 0.640. The van der Waals surface area contributed by atoms with Crippen LogP contribution in [0.4, 0.5) is 5.69 Å². The topological polar surface area (TPSA) is 49.4 Å². The number of nitrogens with one attached hydrogen (secondary N) is 1. The lowest BCUT2D eigenvalue weighted by atomic mass is 10.1. The van der Waals surface area contributed by atoms with Crippen molar-refractivity contribution in [1.82, 2.24) is 4.90 Å². The fourth-order valence-electron chi connectivity index (χ4n) is 1.28. The van der Waals surface area contributed by atoms with Crippen LogP contribution < -0.4 is 5.32 Å². The van der Waals surface area contributed by atoms with Gasteiger partial charge < -0.3 is 10.2 Å². The van der Waals surface area contributed by atoms with Gasteiger partial charge in [-0.05, 0) is 24.3 Å². The zero-order valence-electron chi connectivity index (χ0n) is 10.9. The summed E-state index contributed by atoms with van der Waals surface area (Å²) in [6.45, 7) is 1.79. The lowest BCUT2D eigenvalue weighted by Crippen LogP contribution is -2.09. The average molecular weight is 246 g/mol. The Morgan fingerprint density at radius 2 is 1.83 bits per heavy atom. The summed E-state index contributed by atoms with van der Waals surface area (Å²) in [6, 6.07) is 6.86. The number of allylic oxidation sites excluding steroid dienone is 1. The third kappa shape index (κ3) is 4.41. The van der Waals surface area contributed by atoms with E-state index in [0.717, 1.165) is 0 Å². The summed E-state index contributed by atoms with van der Waals surface area (Å²) < 4.78 is 0. The van der Waals surface area contributed by atoms with Gasteiger partial charge in [-0.3, -0.25) is 9.59 Å². The van der Waals surface area contributed by atoms with Crippen LogP contribution in [-0.2, 0) is 4.79 Å². The van der Waals surface area contributed by atoms with Gasteiger partial charge in [0, 0.05) is 44.0 Å². The molecule has 0 aromatic heterocycles. The Balaban J connectivity index is 2.70. The molecule has 0 aliphatic heterocycles. The largest absolute Gasteiger partial charge is 0.383 e. The summed E-state index contributed by atoms with van der Waals surface area (Å²) in [4.78, 5) is 24.7. The molecule has 0 unspecified atom stereocenters. The van der Waals surface area contributed by atoms with Gasteiger partial charge in [0.15, 0.2) is 5.78 Å². The van der Waals surface area contributed by atoms with Crippen molar-refractivity contribution in [2.75, 3.05) is 19.4 Å². The van der Waals surface area contributed by atoms with Crippen LogP contribution in [-0.4, -0.2) is 30.7 Å². The Morgan fingerprint density at radius 1 is 1.22 bits per heavy atom. The van der Waals surface area contributed by atoms with E-state index >= 15 is 0 Å². The first-order valence-electron chi connectivity index (χ1n) is 5.81. The number of nitrogens with zero attached hydrogens (tertiary/aromatic N) is 1. The molecule has 0 radical (unpaired) electrons. The molecule has 0 atom stereocenters. The summed E-state index contributed by atoms with van der Waals surface area (Å²) in [7, 11) is 3.71. The van der Waals surface area contributed by atoms with Crippen LogP contribution in [0.15, 0.2) is 36.5 Å². The van der Waals surface area contributed by atoms with Crippen molar-refractivity contribution in [3.05, 3.63) is 42.1 Å². The number of benzene rings is 1. The molecule has 0 aliphatic carbocycles. The Kier molecular flexibility index (Phi) is 5.11. The van der Waals surface area contributed by atoms with E-state index in [1.165, 1.54) is 6.08 Å². The van der Waals surface area contributed by atoms with E-state index in [-0.39, 0.29) is 11.7 Å². The van der Waals surface area contributed by atoms with Crippen LogP contribution in [0.1, 0.15) is 23.7 Å². The summed E-state index contributed by atoms with van der Waals surface area (Å²) in [5.41, 5.74) is 1.30. The van der Waals surface area contributed by atoms with Crippen molar-refractivity contribution >= 4 is 17.4 Å². The summed E-state index contributed by atoms with van der Waals surface area (Å²) >= 11 is 0. The first kappa shape index (κ1) is 14.0. The van der Waals surface area contributed by atoms with Crippen LogP contribution in [0.3, 0.4) is 0 Å². The molecule has 1 rings (SSSR count). The Labute approximate surface area is 107 Å². The molecule has 18 heavy (non-hydrogen) atoms. The lowest BCUT2D eigenvalue weighted by molar-refractivity contribution is -0.115. The molecule has 4 nitrogen and oxygen atoms in total. The first-order valence-corrected chi connectivity index (χ1v) is 5.81. The molecule has 0 fully saturated rings. The summed E-state index contributed by atoms with van der Waals surface area (Å²) in [5.74, 6) is -0.0985. The van der Waals surface area contributed by atoms with E-state index in [2.05, 4.69) is 5.32 Å². The number of carbonyl (C=O) groups excluding carboxylic acids is 2. The molecule has 0 bridgehead atoms. The molecule has 1 N–H and O–H groups in total. The van der Waals surface area contributed by atoms with Crippen LogP contribution in [0, 0.1) is 0 Å². The molecule has 0 saturated carbocycles. The van der Waals surface area contributed by atoms with E-state index in [4.69, 9.17) is 0 Å². The molecule has 0 aliphatic rings. The molecule has 0 heterocycles. The highest BCUT2D eigenvalue weighted by Gasteiger charge is 2.03. The van der Waals surface area contributed by atoms with Gasteiger partial charge in [-0.15, -0.1) is 0 Å². The minimum Gasteiger partial charge on any atom is -0.383 e. The van der Waals surface area contributed by atoms with Crippen molar-refractivity contribution in [1.29, 1.82) is 0 Å². The molecule has 96 valence electrons. The molecule has 1 aromatic rings. The van der Waals surface area contributed by atoms with Crippen LogP contribution in [0.5, 0.6) is 0 Å². The van der Waals surface area contributed by atoms with Crippen LogP contribution in [0.2, 0.25) is 0 Å². The number of anilines is 1. The molecule has 1 amide bonds. The fraction of sp³-hybridized carbons (Fsp3) is 0.286. The number of hydrogen-bond acceptors (Lipinski definition) is 3. The van der Waals surface area contributed by atoms with Gasteiger partial charge in [0.25, 0.3) is 0 Å². The van der Waals surface area contributed by atoms with E-state index < -0.39 is 0 Å². The van der Waals surface area contributed by atoms with Crippen molar-refractivity contribution in [3.8, 4) is 0 Å². The predicted octanol–water partition coefficient (Wildman–Crippen LogP) is 2.29. The van der Waals surface area contributed by atoms with Crippen molar-refractivity contribution in [2.24, 2.45) is 0 Å². The Bertz CT molecular complexity index is 447. The second kappa shape index (κ2) is 6.59. The second-order valence-corrected chi connectivity index (χ2v) is 4.12. The number of rotatable bonds is 5. The molecule has 0 spiro atoms. The van der Waals surface area contributed by atoms with Crippen molar-refractivity contribution < 1.29 is 9.59 Å². The molecule has 1 aromatic carbocycles. The predicted molar refractivity (Wildman–Crippen MR) is 72.5 cm³/mol. The standard InChI is InChI=1S/C14H18N2O2/c1-4-14(18)15-12-7-5-11(6-8-12)13(17)9-10-16(2)3/h5-10H,4H2,1-3H3,(H,15,18). The van der Waals surface area contributed by atoms with Gasteiger partial charge >= 0.3 is 0 Å². The molecular weight excluding hydrogens is 228 g/mol. The van der Waals surface area contributed by atoms with Crippen molar-refractivity contribution in [2.45, 2.75) is 13.3 Å². The van der Waals surface area contributed by atoms with E-state index in [1.54, 1.807) is 42.3 Å². The third-order valence-electron chi connectivity index (χ3n) is 2.30. The van der Waals surface area contributed by atoms with Gasteiger partial charge in [0.2, 0.25) is 5.91 Å². The van der Waals surface area contributed by atoms with E-state index in [1.807, 2.05) is 14.1 Å². The van der Waals surface area contributed by atoms with Gasteiger partial charge in [0.05, 0.1) is 0 Å². The monoisotopic (exact) mass is 246 g/mol. The summed E-state index contributed by atoms with van der Waals surface area (Å²) in [6.07, 6.45) is 3.65. The van der Waals surface area contributed by atoms with Crippen molar-refractivity contribution in [3.63, 3.8) is 0 Å². The second-order valence-electron chi connectivity index (χ2n) is 4.12. The Morgan fingerprint density at radius 3 is 2.33 bits per heavy atom. The van der Waals surface area contributed by atoms with Crippen LogP contribution in [0.25, 0.3) is 0 Å². The zero-order chi connectivity index (χ0) is 13.5. The highest BCUT2D eigenvalue weighted by Crippen LogP contribution is 2.10. The zero-order valence-corrected chi connectivity index (χ0v) is 10.9. The third-order valence-corrected chi connectivity index (χ3v) is 2.30. The molecule has 4 heteroatoms. The maximum Gasteiger partial charge on any atom is 0.224 e. The average Bonchev–Trinajstić information content (AvgIpc) is 2.36. The Hall–Kier alpha value is -2.10.